The predicted octanol–water partition coefficient (Wildman–Crippen LogP) is 5.96. The third-order valence-corrected chi connectivity index (χ3v) is 7.50. The zero-order chi connectivity index (χ0) is 23.9. The summed E-state index contributed by atoms with van der Waals surface area (Å²) >= 11 is 6.86. The molecule has 3 aromatic rings. The number of benzene rings is 2. The summed E-state index contributed by atoms with van der Waals surface area (Å²) in [6.07, 6.45) is 6.29. The summed E-state index contributed by atoms with van der Waals surface area (Å²) in [5, 5.41) is 10.7. The summed E-state index contributed by atoms with van der Waals surface area (Å²) in [7, 11) is 1.65. The van der Waals surface area contributed by atoms with Gasteiger partial charge in [-0.15, -0.1) is 11.6 Å². The number of nitrogens with zero attached hydrogens (tertiary/aromatic N) is 2. The van der Waals surface area contributed by atoms with Crippen LogP contribution >= 0.6 is 11.6 Å². The molecule has 4 rings (SSSR count). The summed E-state index contributed by atoms with van der Waals surface area (Å²) in [4.78, 5) is 18.8. The van der Waals surface area contributed by atoms with E-state index in [-0.39, 0.29) is 17.2 Å². The number of likely N-dealkylation sites (tertiary alicyclic amines) is 1. The van der Waals surface area contributed by atoms with Crippen LogP contribution in [0.25, 0.3) is 10.9 Å². The molecule has 1 aliphatic heterocycles. The van der Waals surface area contributed by atoms with Gasteiger partial charge in [0.1, 0.15) is 5.75 Å². The van der Waals surface area contributed by atoms with Crippen LogP contribution in [0.15, 0.2) is 60.8 Å². The Labute approximate surface area is 206 Å². The van der Waals surface area contributed by atoms with Crippen molar-refractivity contribution in [3.05, 3.63) is 71.9 Å². The second-order valence-corrected chi connectivity index (χ2v) is 9.74. The lowest BCUT2D eigenvalue weighted by Gasteiger charge is -2.37. The molecule has 1 aromatic heterocycles. The van der Waals surface area contributed by atoms with Crippen LogP contribution < -0.4 is 4.74 Å². The zero-order valence-electron chi connectivity index (χ0n) is 19.7. The average molecular weight is 481 g/mol. The molecule has 1 fully saturated rings. The minimum atomic E-state index is -0.692. The molecule has 2 aromatic carbocycles. The number of aliphatic carboxylic acids is 1. The molecule has 5 nitrogen and oxygen atoms in total. The van der Waals surface area contributed by atoms with E-state index in [2.05, 4.69) is 34.1 Å². The smallest absolute Gasteiger partial charge is 0.308 e. The molecule has 34 heavy (non-hydrogen) atoms. The van der Waals surface area contributed by atoms with E-state index in [1.807, 2.05) is 30.3 Å². The standard InChI is InChI=1S/C28H33ClN2O3/c1-34-22-10-12-27-24(18-22)23(13-15-30-27)26(29)11-9-21-14-17-31(19-25(21)28(32)33)16-5-8-20-6-3-2-4-7-20/h2-4,6-7,10,12-13,15,18,21,25-26H,5,8-9,11,14,16-17,19H2,1H3,(H,32,33)/t21?,25-,26-/m1/s1. The number of aryl methyl sites for hydroxylation is 1. The fraction of sp³-hybridized carbons (Fsp3) is 0.429. The summed E-state index contributed by atoms with van der Waals surface area (Å²) in [6.45, 7) is 2.51. The van der Waals surface area contributed by atoms with E-state index < -0.39 is 5.97 Å². The maximum Gasteiger partial charge on any atom is 0.308 e. The summed E-state index contributed by atoms with van der Waals surface area (Å²) in [5.41, 5.74) is 3.24. The SMILES string of the molecule is COc1ccc2nccc([C@H](Cl)CCC3CCN(CCCc4ccccc4)C[C@H]3C(=O)O)c2c1. The number of pyridine rings is 1. The van der Waals surface area contributed by atoms with Gasteiger partial charge in [0.2, 0.25) is 0 Å². The van der Waals surface area contributed by atoms with E-state index in [1.54, 1.807) is 13.3 Å². The first-order chi connectivity index (χ1) is 16.5. The van der Waals surface area contributed by atoms with Gasteiger partial charge in [0.15, 0.2) is 0 Å². The molecule has 180 valence electrons. The van der Waals surface area contributed by atoms with Gasteiger partial charge in [-0.3, -0.25) is 9.78 Å². The number of halogens is 1. The molecule has 1 N–H and O–H groups in total. The van der Waals surface area contributed by atoms with E-state index in [4.69, 9.17) is 16.3 Å². The molecule has 6 heteroatoms. The lowest BCUT2D eigenvalue weighted by molar-refractivity contribution is -0.146. The maximum absolute atomic E-state index is 12.1. The quantitative estimate of drug-likeness (QED) is 0.363. The minimum absolute atomic E-state index is 0.145. The van der Waals surface area contributed by atoms with Crippen LogP contribution in [0.3, 0.4) is 0 Å². The molecule has 2 heterocycles. The number of hydrogen-bond acceptors (Lipinski definition) is 4. The van der Waals surface area contributed by atoms with Gasteiger partial charge in [-0.2, -0.15) is 0 Å². The number of piperidine rings is 1. The Hall–Kier alpha value is -2.63. The first-order valence-electron chi connectivity index (χ1n) is 12.1. The first kappa shape index (κ1) is 24.5. The first-order valence-corrected chi connectivity index (χ1v) is 12.5. The number of alkyl halides is 1. The Morgan fingerprint density at radius 2 is 2.06 bits per heavy atom. The van der Waals surface area contributed by atoms with Crippen molar-refractivity contribution in [2.24, 2.45) is 11.8 Å². The number of fused-ring (bicyclic) bond motifs is 1. The van der Waals surface area contributed by atoms with Gasteiger partial charge in [-0.05, 0) is 86.5 Å². The van der Waals surface area contributed by atoms with Crippen LogP contribution in [0.4, 0.5) is 0 Å². The monoisotopic (exact) mass is 480 g/mol. The van der Waals surface area contributed by atoms with Crippen LogP contribution in [-0.4, -0.2) is 47.7 Å². The van der Waals surface area contributed by atoms with E-state index in [9.17, 15) is 9.90 Å². The van der Waals surface area contributed by atoms with Crippen molar-refractivity contribution >= 4 is 28.5 Å². The molecule has 0 saturated carbocycles. The number of carboxylic acid groups (broad SMARTS) is 1. The second-order valence-electron chi connectivity index (χ2n) is 9.21. The second kappa shape index (κ2) is 11.7. The zero-order valence-corrected chi connectivity index (χ0v) is 20.5. The molecule has 0 spiro atoms. The van der Waals surface area contributed by atoms with Crippen molar-refractivity contribution in [1.82, 2.24) is 9.88 Å². The summed E-state index contributed by atoms with van der Waals surface area (Å²) in [5.74, 6) is -0.116. The van der Waals surface area contributed by atoms with E-state index in [1.165, 1.54) is 5.56 Å². The Morgan fingerprint density at radius 1 is 1.24 bits per heavy atom. The predicted molar refractivity (Wildman–Crippen MR) is 137 cm³/mol. The van der Waals surface area contributed by atoms with Crippen LogP contribution in [0.5, 0.6) is 5.75 Å². The Bertz CT molecular complexity index is 1090. The van der Waals surface area contributed by atoms with E-state index in [0.29, 0.717) is 6.54 Å². The van der Waals surface area contributed by atoms with Crippen LogP contribution in [-0.2, 0) is 11.2 Å². The van der Waals surface area contributed by atoms with Crippen molar-refractivity contribution in [3.63, 3.8) is 0 Å². The fourth-order valence-electron chi connectivity index (χ4n) is 5.11. The van der Waals surface area contributed by atoms with Crippen molar-refractivity contribution in [3.8, 4) is 5.75 Å². The highest BCUT2D eigenvalue weighted by Gasteiger charge is 2.34. The van der Waals surface area contributed by atoms with Gasteiger partial charge in [-0.25, -0.2) is 0 Å². The number of carbonyl (C=O) groups is 1. The van der Waals surface area contributed by atoms with Gasteiger partial charge in [0.25, 0.3) is 0 Å². The number of methoxy groups -OCH3 is 1. The Balaban J connectivity index is 1.34. The minimum Gasteiger partial charge on any atom is -0.497 e. The van der Waals surface area contributed by atoms with Crippen molar-refractivity contribution in [1.29, 1.82) is 0 Å². The van der Waals surface area contributed by atoms with E-state index in [0.717, 1.165) is 67.4 Å². The van der Waals surface area contributed by atoms with Crippen LogP contribution in [0, 0.1) is 11.8 Å². The third-order valence-electron chi connectivity index (χ3n) is 7.05. The molecule has 0 radical (unpaired) electrons. The highest BCUT2D eigenvalue weighted by atomic mass is 35.5. The number of aromatic nitrogens is 1. The average Bonchev–Trinajstić information content (AvgIpc) is 2.87. The number of rotatable bonds is 10. The molecule has 0 aliphatic carbocycles. The van der Waals surface area contributed by atoms with Gasteiger partial charge in [-0.1, -0.05) is 30.3 Å². The maximum atomic E-state index is 12.1. The molecular formula is C28H33ClN2O3. The van der Waals surface area contributed by atoms with Crippen molar-refractivity contribution < 1.29 is 14.6 Å². The Morgan fingerprint density at radius 3 is 2.82 bits per heavy atom. The number of carboxylic acids is 1. The van der Waals surface area contributed by atoms with Gasteiger partial charge >= 0.3 is 5.97 Å². The van der Waals surface area contributed by atoms with Crippen LogP contribution in [0.1, 0.15) is 42.2 Å². The Kier molecular flexibility index (Phi) is 8.41. The molecule has 1 unspecified atom stereocenters. The number of hydrogen-bond donors (Lipinski definition) is 1. The molecule has 0 amide bonds. The molecule has 1 aliphatic rings. The highest BCUT2D eigenvalue weighted by Crippen LogP contribution is 2.36. The fourth-order valence-corrected chi connectivity index (χ4v) is 5.43. The lowest BCUT2D eigenvalue weighted by atomic mass is 9.81. The third kappa shape index (κ3) is 6.08. The highest BCUT2D eigenvalue weighted by molar-refractivity contribution is 6.21. The van der Waals surface area contributed by atoms with Gasteiger partial charge in [0.05, 0.1) is 23.9 Å². The van der Waals surface area contributed by atoms with Crippen molar-refractivity contribution in [2.75, 3.05) is 26.7 Å². The molecular weight excluding hydrogens is 448 g/mol. The normalized spacial score (nSPS) is 19.7. The van der Waals surface area contributed by atoms with Gasteiger partial charge < -0.3 is 14.7 Å². The summed E-state index contributed by atoms with van der Waals surface area (Å²) in [6, 6.07) is 18.2. The largest absolute Gasteiger partial charge is 0.497 e. The topological polar surface area (TPSA) is 62.7 Å². The van der Waals surface area contributed by atoms with Crippen LogP contribution in [0.2, 0.25) is 0 Å². The molecule has 1 saturated heterocycles. The van der Waals surface area contributed by atoms with Crippen molar-refractivity contribution in [2.45, 2.75) is 37.5 Å². The molecule has 0 bridgehead atoms. The van der Waals surface area contributed by atoms with Gasteiger partial charge in [0, 0.05) is 18.1 Å². The summed E-state index contributed by atoms with van der Waals surface area (Å²) < 4.78 is 5.37. The molecule has 3 atom stereocenters. The lowest BCUT2D eigenvalue weighted by Crippen LogP contribution is -2.44. The number of ether oxygens (including phenoxy) is 1. The van der Waals surface area contributed by atoms with E-state index >= 15 is 0 Å².